The minimum atomic E-state index is -0.530. The number of hydrogen-bond donors (Lipinski definition) is 2. The predicted octanol–water partition coefficient (Wildman–Crippen LogP) is 0.913. The molecule has 3 rings (SSSR count). The van der Waals surface area contributed by atoms with Crippen LogP contribution >= 0.6 is 0 Å². The first-order chi connectivity index (χ1) is 12.1. The van der Waals surface area contributed by atoms with Crippen molar-refractivity contribution in [1.29, 1.82) is 0 Å². The summed E-state index contributed by atoms with van der Waals surface area (Å²) in [6.07, 6.45) is 0. The van der Waals surface area contributed by atoms with E-state index >= 15 is 0 Å². The minimum absolute atomic E-state index is 0.219. The van der Waals surface area contributed by atoms with Crippen molar-refractivity contribution in [3.63, 3.8) is 0 Å². The van der Waals surface area contributed by atoms with Crippen molar-refractivity contribution in [3.8, 4) is 5.88 Å². The Bertz CT molecular complexity index is 949. The van der Waals surface area contributed by atoms with E-state index in [0.29, 0.717) is 28.0 Å². The van der Waals surface area contributed by atoms with Gasteiger partial charge in [0.2, 0.25) is 5.91 Å². The summed E-state index contributed by atoms with van der Waals surface area (Å²) < 4.78 is 9.87. The zero-order valence-corrected chi connectivity index (χ0v) is 13.8. The molecule has 9 heteroatoms. The first-order valence-electron chi connectivity index (χ1n) is 7.75. The number of aromatic nitrogens is 4. The maximum absolute atomic E-state index is 12.4. The number of carbonyl (C=O) groups excluding carboxylic acids is 1. The van der Waals surface area contributed by atoms with Crippen molar-refractivity contribution in [3.05, 3.63) is 46.0 Å². The lowest BCUT2D eigenvalue weighted by Gasteiger charge is -2.13. The molecule has 0 saturated carbocycles. The van der Waals surface area contributed by atoms with Crippen molar-refractivity contribution in [2.45, 2.75) is 19.8 Å². The molecule has 1 amide bonds. The Balaban J connectivity index is 1.64. The van der Waals surface area contributed by atoms with Crippen molar-refractivity contribution >= 4 is 16.7 Å². The molecule has 0 spiro atoms. The molecule has 0 radical (unpaired) electrons. The standard InChI is InChI=1S/C16H17N5O4/c1-9(13-11-5-3-4-6-12(11)15(23)19-18-13)14(22)17-7-8-24-16-10(2)20-25-21-16/h3-6,9H,7-8H2,1-2H3,(H,17,22)(H,19,23)/t9-/m0/s1. The van der Waals surface area contributed by atoms with Crippen molar-refractivity contribution in [2.75, 3.05) is 13.2 Å². The quantitative estimate of drug-likeness (QED) is 0.638. The van der Waals surface area contributed by atoms with Crippen molar-refractivity contribution in [2.24, 2.45) is 0 Å². The lowest BCUT2D eigenvalue weighted by molar-refractivity contribution is -0.122. The smallest absolute Gasteiger partial charge is 0.278 e. The molecule has 0 aliphatic heterocycles. The van der Waals surface area contributed by atoms with Gasteiger partial charge in [-0.15, -0.1) is 0 Å². The molecule has 2 N–H and O–H groups in total. The minimum Gasteiger partial charge on any atom is -0.472 e. The molecular weight excluding hydrogens is 326 g/mol. The Morgan fingerprint density at radius 2 is 2.08 bits per heavy atom. The third-order valence-electron chi connectivity index (χ3n) is 3.78. The number of aromatic amines is 1. The number of amides is 1. The van der Waals surface area contributed by atoms with E-state index in [9.17, 15) is 9.59 Å². The van der Waals surface area contributed by atoms with Gasteiger partial charge in [-0.3, -0.25) is 9.59 Å². The van der Waals surface area contributed by atoms with Crippen LogP contribution in [0.1, 0.15) is 24.2 Å². The second-order valence-electron chi connectivity index (χ2n) is 5.50. The van der Waals surface area contributed by atoms with E-state index in [-0.39, 0.29) is 24.6 Å². The lowest BCUT2D eigenvalue weighted by Crippen LogP contribution is -2.32. The molecular formula is C16H17N5O4. The Hall–Kier alpha value is -3.23. The summed E-state index contributed by atoms with van der Waals surface area (Å²) >= 11 is 0. The van der Waals surface area contributed by atoms with Crippen LogP contribution in [0.5, 0.6) is 5.88 Å². The van der Waals surface area contributed by atoms with Crippen LogP contribution in [0.2, 0.25) is 0 Å². The Labute approximate surface area is 142 Å². The maximum Gasteiger partial charge on any atom is 0.278 e. The van der Waals surface area contributed by atoms with Crippen LogP contribution in [-0.2, 0) is 4.79 Å². The number of nitrogens with zero attached hydrogens (tertiary/aromatic N) is 3. The van der Waals surface area contributed by atoms with Gasteiger partial charge >= 0.3 is 0 Å². The number of rotatable bonds is 6. The molecule has 2 aromatic heterocycles. The number of carbonyl (C=O) groups is 1. The number of nitrogens with one attached hydrogen (secondary N) is 2. The van der Waals surface area contributed by atoms with Gasteiger partial charge in [0, 0.05) is 5.39 Å². The van der Waals surface area contributed by atoms with Crippen LogP contribution in [0.15, 0.2) is 33.7 Å². The second-order valence-corrected chi connectivity index (χ2v) is 5.50. The van der Waals surface area contributed by atoms with E-state index < -0.39 is 5.92 Å². The summed E-state index contributed by atoms with van der Waals surface area (Å²) in [6, 6.07) is 7.05. The first kappa shape index (κ1) is 16.6. The summed E-state index contributed by atoms with van der Waals surface area (Å²) in [5.41, 5.74) is 0.783. The van der Waals surface area contributed by atoms with Gasteiger partial charge in [-0.25, -0.2) is 9.73 Å². The van der Waals surface area contributed by atoms with E-state index in [1.807, 2.05) is 0 Å². The summed E-state index contributed by atoms with van der Waals surface area (Å²) in [6.45, 7) is 3.96. The van der Waals surface area contributed by atoms with E-state index in [2.05, 4.69) is 30.5 Å². The number of ether oxygens (including phenoxy) is 1. The van der Waals surface area contributed by atoms with Crippen LogP contribution in [0.25, 0.3) is 10.8 Å². The first-order valence-corrected chi connectivity index (χ1v) is 7.75. The monoisotopic (exact) mass is 343 g/mol. The van der Waals surface area contributed by atoms with E-state index in [1.54, 1.807) is 38.1 Å². The molecule has 0 bridgehead atoms. The van der Waals surface area contributed by atoms with Gasteiger partial charge in [-0.1, -0.05) is 23.4 Å². The SMILES string of the molecule is Cc1nonc1OCCNC(=O)[C@@H](C)c1n[nH]c(=O)c2ccccc12. The fraction of sp³-hybridized carbons (Fsp3) is 0.312. The fourth-order valence-electron chi connectivity index (χ4n) is 2.42. The predicted molar refractivity (Wildman–Crippen MR) is 88.3 cm³/mol. The van der Waals surface area contributed by atoms with Gasteiger partial charge in [0.25, 0.3) is 11.4 Å². The summed E-state index contributed by atoms with van der Waals surface area (Å²) in [5.74, 6) is -0.448. The average molecular weight is 343 g/mol. The van der Waals surface area contributed by atoms with Gasteiger partial charge < -0.3 is 10.1 Å². The van der Waals surface area contributed by atoms with Crippen molar-refractivity contribution in [1.82, 2.24) is 25.8 Å². The molecule has 25 heavy (non-hydrogen) atoms. The van der Waals surface area contributed by atoms with Crippen LogP contribution in [-0.4, -0.2) is 39.6 Å². The van der Waals surface area contributed by atoms with Crippen molar-refractivity contribution < 1.29 is 14.2 Å². The highest BCUT2D eigenvalue weighted by atomic mass is 16.6. The lowest BCUT2D eigenvalue weighted by atomic mass is 10.0. The average Bonchev–Trinajstić information content (AvgIpc) is 3.03. The van der Waals surface area contributed by atoms with E-state index in [1.165, 1.54) is 0 Å². The number of hydrogen-bond acceptors (Lipinski definition) is 7. The maximum atomic E-state index is 12.4. The van der Waals surface area contributed by atoms with Gasteiger partial charge in [0.15, 0.2) is 0 Å². The molecule has 0 fully saturated rings. The van der Waals surface area contributed by atoms with Crippen LogP contribution < -0.4 is 15.6 Å². The van der Waals surface area contributed by atoms with Gasteiger partial charge in [0.1, 0.15) is 12.3 Å². The van der Waals surface area contributed by atoms with E-state index in [4.69, 9.17) is 4.74 Å². The second kappa shape index (κ2) is 7.12. The van der Waals surface area contributed by atoms with Gasteiger partial charge in [0.05, 0.1) is 23.5 Å². The molecule has 0 saturated heterocycles. The Kier molecular flexibility index (Phi) is 4.73. The molecule has 2 heterocycles. The highest BCUT2D eigenvalue weighted by molar-refractivity contribution is 5.90. The fourth-order valence-corrected chi connectivity index (χ4v) is 2.42. The number of H-pyrrole nitrogens is 1. The molecule has 9 nitrogen and oxygen atoms in total. The topological polar surface area (TPSA) is 123 Å². The molecule has 0 aliphatic rings. The van der Waals surface area contributed by atoms with E-state index in [0.717, 1.165) is 0 Å². The highest BCUT2D eigenvalue weighted by Gasteiger charge is 2.20. The number of fused-ring (bicyclic) bond motifs is 1. The Morgan fingerprint density at radius 3 is 2.80 bits per heavy atom. The van der Waals surface area contributed by atoms with Gasteiger partial charge in [-0.05, 0) is 25.1 Å². The normalized spacial score (nSPS) is 12.1. The summed E-state index contributed by atoms with van der Waals surface area (Å²) in [7, 11) is 0. The molecule has 1 aromatic carbocycles. The summed E-state index contributed by atoms with van der Waals surface area (Å²) in [4.78, 5) is 24.2. The highest BCUT2D eigenvalue weighted by Crippen LogP contribution is 2.20. The van der Waals surface area contributed by atoms with Crippen LogP contribution in [0.3, 0.4) is 0 Å². The van der Waals surface area contributed by atoms with Crippen LogP contribution in [0, 0.1) is 6.92 Å². The third kappa shape index (κ3) is 3.49. The zero-order chi connectivity index (χ0) is 17.8. The third-order valence-corrected chi connectivity index (χ3v) is 3.78. The summed E-state index contributed by atoms with van der Waals surface area (Å²) in [5, 5.41) is 17.6. The zero-order valence-electron chi connectivity index (χ0n) is 13.8. The molecule has 130 valence electrons. The Morgan fingerprint density at radius 1 is 1.32 bits per heavy atom. The van der Waals surface area contributed by atoms with Crippen LogP contribution in [0.4, 0.5) is 0 Å². The molecule has 0 unspecified atom stereocenters. The number of aryl methyl sites for hydroxylation is 1. The van der Waals surface area contributed by atoms with Gasteiger partial charge in [-0.2, -0.15) is 5.10 Å². The largest absolute Gasteiger partial charge is 0.472 e. The molecule has 3 aromatic rings. The molecule has 0 aliphatic carbocycles. The number of benzene rings is 1. The molecule has 1 atom stereocenters.